The van der Waals surface area contributed by atoms with Crippen molar-refractivity contribution in [2.75, 3.05) is 9.80 Å². The topological polar surface area (TPSA) is 6.48 Å². The molecular weight excluding hydrogens is 893 g/mol. The van der Waals surface area contributed by atoms with E-state index in [1.165, 1.54) is 110 Å². The lowest BCUT2D eigenvalue weighted by molar-refractivity contribution is 1.24. The van der Waals surface area contributed by atoms with Crippen molar-refractivity contribution in [3.8, 4) is 44.5 Å². The Bertz CT molecular complexity index is 3830. The second-order valence-corrected chi connectivity index (χ2v) is 20.1. The van der Waals surface area contributed by atoms with Crippen molar-refractivity contribution >= 4 is 66.4 Å². The van der Waals surface area contributed by atoms with Gasteiger partial charge in [0.15, 0.2) is 0 Å². The number of aryl methyl sites for hydroxylation is 6. The van der Waals surface area contributed by atoms with Crippen LogP contribution in [0.5, 0.6) is 0 Å². The molecule has 0 radical (unpaired) electrons. The fourth-order valence-corrected chi connectivity index (χ4v) is 11.3. The Morgan fingerprint density at radius 1 is 0.216 bits per heavy atom. The van der Waals surface area contributed by atoms with E-state index >= 15 is 0 Å². The first-order chi connectivity index (χ1) is 36.2. The molecule has 0 spiro atoms. The third-order valence-corrected chi connectivity index (χ3v) is 15.0. The maximum Gasteiger partial charge on any atom is 0.0546 e. The summed E-state index contributed by atoms with van der Waals surface area (Å²) in [6.45, 7) is 13.3. The highest BCUT2D eigenvalue weighted by molar-refractivity contribution is 6.24. The standard InChI is InChI=1S/C72H58N2/c1-47-31-37-69(51(5)39-47)73(59-35-33-49(3)65(43-59)57-25-17-23-55(41-57)53-19-9-7-10-20-53)71-45-67-62-28-14-16-30-64(62)72(46-68(67)61-27-13-15-29-63(61)71)74(70-38-32-48(2)40-52(70)6)60-36-34-50(4)66(44-60)58-26-18-24-56(42-58)54-21-11-8-12-22-54/h7-46H,1-6H3. The van der Waals surface area contributed by atoms with Crippen LogP contribution in [0, 0.1) is 41.5 Å². The molecule has 2 heteroatoms. The molecule has 0 N–H and O–H groups in total. The smallest absolute Gasteiger partial charge is 0.0546 e. The Labute approximate surface area is 436 Å². The molecule has 0 aliphatic carbocycles. The van der Waals surface area contributed by atoms with Crippen molar-refractivity contribution < 1.29 is 0 Å². The Kier molecular flexibility index (Phi) is 12.0. The summed E-state index contributed by atoms with van der Waals surface area (Å²) in [6, 6.07) is 90.0. The molecule has 0 heterocycles. The molecule has 0 unspecified atom stereocenters. The molecule has 0 fully saturated rings. The van der Waals surface area contributed by atoms with Crippen molar-refractivity contribution in [3.05, 3.63) is 276 Å². The number of hydrogen-bond acceptors (Lipinski definition) is 2. The van der Waals surface area contributed by atoms with Crippen LogP contribution in [0.2, 0.25) is 0 Å². The first-order valence-corrected chi connectivity index (χ1v) is 25.8. The van der Waals surface area contributed by atoms with E-state index in [1.807, 2.05) is 0 Å². The predicted molar refractivity (Wildman–Crippen MR) is 318 cm³/mol. The summed E-state index contributed by atoms with van der Waals surface area (Å²) in [5, 5.41) is 7.18. The molecule has 356 valence electrons. The van der Waals surface area contributed by atoms with Gasteiger partial charge in [0.05, 0.1) is 11.4 Å². The van der Waals surface area contributed by atoms with Gasteiger partial charge < -0.3 is 9.80 Å². The monoisotopic (exact) mass is 950 g/mol. The Balaban J connectivity index is 1.08. The van der Waals surface area contributed by atoms with E-state index in [0.717, 1.165) is 34.1 Å². The summed E-state index contributed by atoms with van der Waals surface area (Å²) in [7, 11) is 0. The number of fused-ring (bicyclic) bond motifs is 5. The lowest BCUT2D eigenvalue weighted by Crippen LogP contribution is -2.13. The number of hydrogen-bond donors (Lipinski definition) is 0. The second-order valence-electron chi connectivity index (χ2n) is 20.1. The zero-order valence-corrected chi connectivity index (χ0v) is 43.0. The van der Waals surface area contributed by atoms with Crippen LogP contribution in [-0.2, 0) is 0 Å². The molecule has 0 amide bonds. The van der Waals surface area contributed by atoms with Gasteiger partial charge in [-0.1, -0.05) is 193 Å². The van der Waals surface area contributed by atoms with E-state index < -0.39 is 0 Å². The van der Waals surface area contributed by atoms with Crippen LogP contribution in [-0.4, -0.2) is 0 Å². The normalized spacial score (nSPS) is 11.4. The molecule has 0 aromatic heterocycles. The van der Waals surface area contributed by atoms with Crippen molar-refractivity contribution in [2.24, 2.45) is 0 Å². The quantitative estimate of drug-likeness (QED) is 0.126. The summed E-state index contributed by atoms with van der Waals surface area (Å²) in [5.74, 6) is 0. The molecular formula is C72H58N2. The SMILES string of the molecule is Cc1ccc(N(c2ccc(C)c(-c3cccc(-c4ccccc4)c3)c2)c2cc3c4ccccc4c(N(c4ccc(C)c(-c5cccc(-c6ccccc6)c5)c4)c4ccc(C)cc4C)cc3c3ccccc23)c(C)c1. The summed E-state index contributed by atoms with van der Waals surface area (Å²) in [5.41, 5.74) is 23.8. The molecule has 2 nitrogen and oxygen atoms in total. The molecule has 74 heavy (non-hydrogen) atoms. The minimum atomic E-state index is 1.11. The Morgan fingerprint density at radius 3 is 0.986 bits per heavy atom. The molecule has 0 aliphatic heterocycles. The fraction of sp³-hybridized carbons (Fsp3) is 0.0833. The van der Waals surface area contributed by atoms with E-state index in [4.69, 9.17) is 0 Å². The number of benzene rings is 12. The van der Waals surface area contributed by atoms with Crippen LogP contribution in [0.25, 0.3) is 76.8 Å². The van der Waals surface area contributed by atoms with E-state index in [1.54, 1.807) is 0 Å². The molecule has 12 rings (SSSR count). The highest BCUT2D eigenvalue weighted by Crippen LogP contribution is 2.50. The predicted octanol–water partition coefficient (Wildman–Crippen LogP) is 20.6. The van der Waals surface area contributed by atoms with Gasteiger partial charge in [-0.3, -0.25) is 0 Å². The van der Waals surface area contributed by atoms with Crippen LogP contribution < -0.4 is 9.80 Å². The van der Waals surface area contributed by atoms with Gasteiger partial charge in [0.1, 0.15) is 0 Å². The second kappa shape index (κ2) is 19.2. The first-order valence-electron chi connectivity index (χ1n) is 25.8. The molecule has 0 bridgehead atoms. The number of rotatable bonds is 10. The average Bonchev–Trinajstić information content (AvgIpc) is 3.43. The molecule has 0 atom stereocenters. The van der Waals surface area contributed by atoms with Gasteiger partial charge in [-0.15, -0.1) is 0 Å². The third kappa shape index (κ3) is 8.49. The molecule has 12 aromatic carbocycles. The average molecular weight is 951 g/mol. The summed E-state index contributed by atoms with van der Waals surface area (Å²) in [6.07, 6.45) is 0. The molecule has 0 aliphatic rings. The lowest BCUT2D eigenvalue weighted by Gasteiger charge is -2.31. The summed E-state index contributed by atoms with van der Waals surface area (Å²) >= 11 is 0. The van der Waals surface area contributed by atoms with Crippen LogP contribution in [0.1, 0.15) is 33.4 Å². The van der Waals surface area contributed by atoms with Gasteiger partial charge >= 0.3 is 0 Å². The highest BCUT2D eigenvalue weighted by atomic mass is 15.2. The van der Waals surface area contributed by atoms with Gasteiger partial charge in [0.2, 0.25) is 0 Å². The number of nitrogens with zero attached hydrogens (tertiary/aromatic N) is 2. The molecule has 0 saturated heterocycles. The van der Waals surface area contributed by atoms with E-state index in [-0.39, 0.29) is 0 Å². The summed E-state index contributed by atoms with van der Waals surface area (Å²) in [4.78, 5) is 5.01. The van der Waals surface area contributed by atoms with Crippen molar-refractivity contribution in [1.82, 2.24) is 0 Å². The van der Waals surface area contributed by atoms with E-state index in [2.05, 4.69) is 294 Å². The van der Waals surface area contributed by atoms with Crippen molar-refractivity contribution in [1.29, 1.82) is 0 Å². The molecule has 12 aromatic rings. The lowest BCUT2D eigenvalue weighted by atomic mass is 9.92. The van der Waals surface area contributed by atoms with Crippen LogP contribution in [0.3, 0.4) is 0 Å². The van der Waals surface area contributed by atoms with Gasteiger partial charge in [0, 0.05) is 33.5 Å². The highest BCUT2D eigenvalue weighted by Gasteiger charge is 2.25. The van der Waals surface area contributed by atoms with Crippen molar-refractivity contribution in [2.45, 2.75) is 41.5 Å². The zero-order valence-electron chi connectivity index (χ0n) is 43.0. The summed E-state index contributed by atoms with van der Waals surface area (Å²) < 4.78 is 0. The van der Waals surface area contributed by atoms with Gasteiger partial charge in [-0.05, 0) is 191 Å². The zero-order chi connectivity index (χ0) is 50.5. The third-order valence-electron chi connectivity index (χ3n) is 15.0. The van der Waals surface area contributed by atoms with E-state index in [0.29, 0.717) is 0 Å². The Hall–Kier alpha value is -8.98. The van der Waals surface area contributed by atoms with Crippen LogP contribution >= 0.6 is 0 Å². The fourth-order valence-electron chi connectivity index (χ4n) is 11.3. The number of anilines is 6. The minimum Gasteiger partial charge on any atom is -0.310 e. The van der Waals surface area contributed by atoms with E-state index in [9.17, 15) is 0 Å². The van der Waals surface area contributed by atoms with Crippen LogP contribution in [0.4, 0.5) is 34.1 Å². The van der Waals surface area contributed by atoms with Crippen LogP contribution in [0.15, 0.2) is 243 Å². The first kappa shape index (κ1) is 46.1. The van der Waals surface area contributed by atoms with Gasteiger partial charge in [0.25, 0.3) is 0 Å². The van der Waals surface area contributed by atoms with Gasteiger partial charge in [-0.2, -0.15) is 0 Å². The molecule has 0 saturated carbocycles. The minimum absolute atomic E-state index is 1.11. The Morgan fingerprint density at radius 2 is 0.581 bits per heavy atom. The maximum atomic E-state index is 2.51. The van der Waals surface area contributed by atoms with Gasteiger partial charge in [-0.25, -0.2) is 0 Å². The largest absolute Gasteiger partial charge is 0.310 e. The van der Waals surface area contributed by atoms with Crippen molar-refractivity contribution in [3.63, 3.8) is 0 Å². The maximum absolute atomic E-state index is 2.51.